The third kappa shape index (κ3) is 3.15. The number of hydrogen-bond acceptors (Lipinski definition) is 5. The van der Waals surface area contributed by atoms with Crippen LogP contribution in [-0.4, -0.2) is 20.7 Å². The number of H-pyrrole nitrogens is 1. The minimum absolute atomic E-state index is 0.278. The van der Waals surface area contributed by atoms with Crippen molar-refractivity contribution in [1.82, 2.24) is 14.8 Å². The molecule has 8 heteroatoms. The molecule has 0 unspecified atom stereocenters. The molecule has 0 spiro atoms. The van der Waals surface area contributed by atoms with Gasteiger partial charge in [0.2, 0.25) is 5.91 Å². The SMILES string of the molecule is Cc1cc(C)c2nc(NC(=O)Cn3[nH]c(=O)c4ccccc4c3=O)sc2c1. The number of carbonyl (C=O) groups is 1. The lowest BCUT2D eigenvalue weighted by Crippen LogP contribution is -2.34. The maximum Gasteiger partial charge on any atom is 0.273 e. The Morgan fingerprint density at radius 3 is 2.70 bits per heavy atom. The van der Waals surface area contributed by atoms with Crippen LogP contribution in [0.1, 0.15) is 11.1 Å². The maximum absolute atomic E-state index is 12.5. The van der Waals surface area contributed by atoms with Crippen LogP contribution in [0.3, 0.4) is 0 Å². The molecular weight excluding hydrogens is 364 g/mol. The van der Waals surface area contributed by atoms with E-state index in [0.29, 0.717) is 10.5 Å². The lowest BCUT2D eigenvalue weighted by atomic mass is 10.1. The molecule has 136 valence electrons. The van der Waals surface area contributed by atoms with Crippen molar-refractivity contribution < 1.29 is 4.79 Å². The van der Waals surface area contributed by atoms with Gasteiger partial charge in [0.05, 0.1) is 21.0 Å². The van der Waals surface area contributed by atoms with Gasteiger partial charge in [0.1, 0.15) is 6.54 Å². The van der Waals surface area contributed by atoms with Crippen molar-refractivity contribution in [2.45, 2.75) is 20.4 Å². The monoisotopic (exact) mass is 380 g/mol. The van der Waals surface area contributed by atoms with E-state index in [9.17, 15) is 14.4 Å². The van der Waals surface area contributed by atoms with Crippen molar-refractivity contribution in [3.05, 3.63) is 68.2 Å². The Balaban J connectivity index is 1.63. The van der Waals surface area contributed by atoms with Gasteiger partial charge in [0, 0.05) is 0 Å². The highest BCUT2D eigenvalue weighted by Gasteiger charge is 2.13. The molecule has 2 aromatic carbocycles. The molecule has 0 aliphatic rings. The third-order valence-corrected chi connectivity index (χ3v) is 5.18. The molecule has 0 atom stereocenters. The number of aryl methyl sites for hydroxylation is 2. The molecule has 7 nitrogen and oxygen atoms in total. The lowest BCUT2D eigenvalue weighted by Gasteiger charge is -2.06. The first kappa shape index (κ1) is 17.2. The van der Waals surface area contributed by atoms with E-state index in [1.54, 1.807) is 24.3 Å². The number of nitrogens with zero attached hydrogens (tertiary/aromatic N) is 2. The Morgan fingerprint density at radius 2 is 1.93 bits per heavy atom. The average molecular weight is 380 g/mol. The third-order valence-electron chi connectivity index (χ3n) is 4.26. The van der Waals surface area contributed by atoms with E-state index in [-0.39, 0.29) is 11.9 Å². The first-order chi connectivity index (χ1) is 12.9. The highest BCUT2D eigenvalue weighted by molar-refractivity contribution is 7.22. The molecule has 0 saturated carbocycles. The standard InChI is InChI=1S/C19H16N4O3S/c1-10-7-11(2)16-14(8-10)27-19(21-16)20-15(24)9-23-18(26)13-6-4-3-5-12(13)17(25)22-23/h3-8H,9H2,1-2H3,(H,22,25)(H,20,21,24). The number of rotatable bonds is 3. The molecule has 4 aromatic rings. The Hall–Kier alpha value is -3.26. The van der Waals surface area contributed by atoms with Crippen molar-refractivity contribution >= 4 is 43.4 Å². The zero-order valence-corrected chi connectivity index (χ0v) is 15.5. The van der Waals surface area contributed by atoms with Crippen molar-refractivity contribution in [1.29, 1.82) is 0 Å². The number of amides is 1. The summed E-state index contributed by atoms with van der Waals surface area (Å²) in [6.45, 7) is 3.68. The number of aromatic nitrogens is 3. The van der Waals surface area contributed by atoms with Gasteiger partial charge in [-0.1, -0.05) is 29.5 Å². The normalized spacial score (nSPS) is 11.2. The fraction of sp³-hybridized carbons (Fsp3) is 0.158. The van der Waals surface area contributed by atoms with Gasteiger partial charge in [-0.15, -0.1) is 0 Å². The van der Waals surface area contributed by atoms with E-state index in [4.69, 9.17) is 0 Å². The highest BCUT2D eigenvalue weighted by Crippen LogP contribution is 2.29. The summed E-state index contributed by atoms with van der Waals surface area (Å²) < 4.78 is 2.00. The van der Waals surface area contributed by atoms with Gasteiger partial charge in [-0.3, -0.25) is 19.5 Å². The molecule has 0 fully saturated rings. The van der Waals surface area contributed by atoms with E-state index in [0.717, 1.165) is 26.0 Å². The molecule has 0 radical (unpaired) electrons. The smallest absolute Gasteiger partial charge is 0.273 e. The number of thiazole rings is 1. The Kier molecular flexibility index (Phi) is 4.12. The van der Waals surface area contributed by atoms with E-state index in [1.165, 1.54) is 11.3 Å². The number of hydrogen-bond donors (Lipinski definition) is 2. The summed E-state index contributed by atoms with van der Waals surface area (Å²) in [5.74, 6) is -0.434. The first-order valence-electron chi connectivity index (χ1n) is 8.32. The molecule has 0 bridgehead atoms. The minimum Gasteiger partial charge on any atom is -0.300 e. The molecule has 1 amide bonds. The second-order valence-electron chi connectivity index (χ2n) is 6.37. The van der Waals surface area contributed by atoms with Crippen LogP contribution in [0.2, 0.25) is 0 Å². The largest absolute Gasteiger partial charge is 0.300 e. The van der Waals surface area contributed by atoms with Crippen molar-refractivity contribution in [2.24, 2.45) is 0 Å². The molecule has 2 heterocycles. The second-order valence-corrected chi connectivity index (χ2v) is 7.40. The number of nitrogens with one attached hydrogen (secondary N) is 2. The van der Waals surface area contributed by atoms with Crippen LogP contribution < -0.4 is 16.4 Å². The van der Waals surface area contributed by atoms with Crippen LogP contribution in [0.15, 0.2) is 46.0 Å². The second kappa shape index (κ2) is 6.48. The zero-order valence-electron chi connectivity index (χ0n) is 14.7. The summed E-state index contributed by atoms with van der Waals surface area (Å²) in [7, 11) is 0. The van der Waals surface area contributed by atoms with Crippen molar-refractivity contribution in [3.63, 3.8) is 0 Å². The molecule has 4 rings (SSSR count). The van der Waals surface area contributed by atoms with Crippen molar-refractivity contribution in [3.8, 4) is 0 Å². The molecule has 27 heavy (non-hydrogen) atoms. The van der Waals surface area contributed by atoms with E-state index < -0.39 is 17.0 Å². The highest BCUT2D eigenvalue weighted by atomic mass is 32.1. The van der Waals surface area contributed by atoms with Crippen LogP contribution >= 0.6 is 11.3 Å². The van der Waals surface area contributed by atoms with Gasteiger partial charge < -0.3 is 5.32 Å². The molecule has 0 aliphatic carbocycles. The molecule has 0 aliphatic heterocycles. The fourth-order valence-electron chi connectivity index (χ4n) is 3.08. The number of carbonyl (C=O) groups excluding carboxylic acids is 1. The van der Waals surface area contributed by atoms with Crippen LogP contribution in [0.4, 0.5) is 5.13 Å². The molecule has 0 saturated heterocycles. The van der Waals surface area contributed by atoms with Crippen LogP contribution in [0.25, 0.3) is 21.0 Å². The Morgan fingerprint density at radius 1 is 1.19 bits per heavy atom. The number of anilines is 1. The van der Waals surface area contributed by atoms with Gasteiger partial charge in [0.15, 0.2) is 5.13 Å². The average Bonchev–Trinajstić information content (AvgIpc) is 3.02. The van der Waals surface area contributed by atoms with Gasteiger partial charge in [-0.05, 0) is 43.2 Å². The molecular formula is C19H16N4O3S. The molecule has 2 aromatic heterocycles. The predicted octanol–water partition coefficient (Wildman–Crippen LogP) is 2.56. The Bertz CT molecular complexity index is 1320. The van der Waals surface area contributed by atoms with Gasteiger partial charge in [-0.25, -0.2) is 9.67 Å². The maximum atomic E-state index is 12.5. The summed E-state index contributed by atoms with van der Waals surface area (Å²) in [5, 5.41) is 6.20. The van der Waals surface area contributed by atoms with Gasteiger partial charge in [-0.2, -0.15) is 0 Å². The zero-order chi connectivity index (χ0) is 19.1. The van der Waals surface area contributed by atoms with Gasteiger partial charge >= 0.3 is 0 Å². The Labute approximate surface area is 157 Å². The van der Waals surface area contributed by atoms with Crippen LogP contribution in [-0.2, 0) is 11.3 Å². The first-order valence-corrected chi connectivity index (χ1v) is 9.13. The summed E-state index contributed by atoms with van der Waals surface area (Å²) >= 11 is 1.37. The van der Waals surface area contributed by atoms with Crippen LogP contribution in [0.5, 0.6) is 0 Å². The van der Waals surface area contributed by atoms with E-state index in [1.807, 2.05) is 26.0 Å². The topological polar surface area (TPSA) is 96.8 Å². The summed E-state index contributed by atoms with van der Waals surface area (Å²) in [6.07, 6.45) is 0. The number of aromatic amines is 1. The van der Waals surface area contributed by atoms with Crippen molar-refractivity contribution in [2.75, 3.05) is 5.32 Å². The van der Waals surface area contributed by atoms with Crippen LogP contribution in [0, 0.1) is 13.8 Å². The summed E-state index contributed by atoms with van der Waals surface area (Å²) in [6, 6.07) is 10.6. The quantitative estimate of drug-likeness (QED) is 0.571. The predicted molar refractivity (Wildman–Crippen MR) is 107 cm³/mol. The fourth-order valence-corrected chi connectivity index (χ4v) is 4.14. The molecule has 2 N–H and O–H groups in total. The number of fused-ring (bicyclic) bond motifs is 2. The van der Waals surface area contributed by atoms with E-state index >= 15 is 0 Å². The summed E-state index contributed by atoms with van der Waals surface area (Å²) in [4.78, 5) is 41.4. The van der Waals surface area contributed by atoms with E-state index in [2.05, 4.69) is 15.4 Å². The summed E-state index contributed by atoms with van der Waals surface area (Å²) in [5.41, 5.74) is 2.18. The number of benzene rings is 2. The lowest BCUT2D eigenvalue weighted by molar-refractivity contribution is -0.117. The van der Waals surface area contributed by atoms with Gasteiger partial charge in [0.25, 0.3) is 11.1 Å². The minimum atomic E-state index is -0.434.